The molecule has 1 aliphatic rings. The Morgan fingerprint density at radius 3 is 2.75 bits per heavy atom. The minimum atomic E-state index is -3.87. The van der Waals surface area contributed by atoms with Gasteiger partial charge in [-0.15, -0.1) is 0 Å². The van der Waals surface area contributed by atoms with Crippen LogP contribution in [-0.2, 0) is 19.6 Å². The minimum absolute atomic E-state index is 0.0103. The maximum Gasteiger partial charge on any atom is 0.338 e. The van der Waals surface area contributed by atoms with Crippen LogP contribution >= 0.6 is 0 Å². The van der Waals surface area contributed by atoms with E-state index in [0.717, 1.165) is 6.42 Å². The van der Waals surface area contributed by atoms with E-state index >= 15 is 0 Å². The zero-order valence-corrected chi connectivity index (χ0v) is 14.6. The first-order valence-electron chi connectivity index (χ1n) is 7.92. The van der Waals surface area contributed by atoms with Gasteiger partial charge in [-0.05, 0) is 38.0 Å². The lowest BCUT2D eigenvalue weighted by molar-refractivity contribution is -0.125. The molecule has 132 valence electrons. The largest absolute Gasteiger partial charge is 0.462 e. The van der Waals surface area contributed by atoms with E-state index in [1.807, 2.05) is 0 Å². The lowest BCUT2D eigenvalue weighted by Gasteiger charge is -2.33. The van der Waals surface area contributed by atoms with Crippen molar-refractivity contribution in [3.05, 3.63) is 29.8 Å². The molecule has 0 spiro atoms. The summed E-state index contributed by atoms with van der Waals surface area (Å²) in [6, 6.07) is 5.00. The molecule has 1 amide bonds. The van der Waals surface area contributed by atoms with Gasteiger partial charge >= 0.3 is 5.97 Å². The molecule has 1 aliphatic heterocycles. The van der Waals surface area contributed by atoms with Crippen LogP contribution in [0.25, 0.3) is 0 Å². The first-order chi connectivity index (χ1) is 11.4. The summed E-state index contributed by atoms with van der Waals surface area (Å²) in [6.07, 6.45) is 1.98. The number of carbonyl (C=O) groups is 2. The van der Waals surface area contributed by atoms with Gasteiger partial charge < -0.3 is 10.1 Å². The third-order valence-electron chi connectivity index (χ3n) is 3.95. The summed E-state index contributed by atoms with van der Waals surface area (Å²) in [4.78, 5) is 23.8. The highest BCUT2D eigenvalue weighted by atomic mass is 32.2. The number of likely N-dealkylation sites (N-methyl/N-ethyl adjacent to an activating group) is 1. The highest BCUT2D eigenvalue weighted by Gasteiger charge is 2.37. The Morgan fingerprint density at radius 2 is 2.08 bits per heavy atom. The van der Waals surface area contributed by atoms with Crippen LogP contribution < -0.4 is 5.32 Å². The van der Waals surface area contributed by atoms with E-state index in [1.54, 1.807) is 6.92 Å². The van der Waals surface area contributed by atoms with Crippen molar-refractivity contribution in [3.8, 4) is 0 Å². The monoisotopic (exact) mass is 354 g/mol. The van der Waals surface area contributed by atoms with Crippen molar-refractivity contribution in [1.29, 1.82) is 0 Å². The summed E-state index contributed by atoms with van der Waals surface area (Å²) >= 11 is 0. The molecule has 0 aliphatic carbocycles. The van der Waals surface area contributed by atoms with Gasteiger partial charge in [0, 0.05) is 13.6 Å². The van der Waals surface area contributed by atoms with Gasteiger partial charge in [0.25, 0.3) is 0 Å². The molecule has 8 heteroatoms. The summed E-state index contributed by atoms with van der Waals surface area (Å²) in [5.41, 5.74) is 0.173. The number of amides is 1. The third kappa shape index (κ3) is 3.76. The number of nitrogens with zero attached hydrogens (tertiary/aromatic N) is 1. The lowest BCUT2D eigenvalue weighted by atomic mass is 10.0. The fraction of sp³-hybridized carbons (Fsp3) is 0.500. The zero-order chi connectivity index (χ0) is 17.7. The van der Waals surface area contributed by atoms with E-state index in [0.29, 0.717) is 12.8 Å². The van der Waals surface area contributed by atoms with Gasteiger partial charge in [-0.2, -0.15) is 4.31 Å². The molecule has 0 unspecified atom stereocenters. The molecular weight excluding hydrogens is 332 g/mol. The van der Waals surface area contributed by atoms with Crippen molar-refractivity contribution in [2.75, 3.05) is 20.2 Å². The fourth-order valence-electron chi connectivity index (χ4n) is 2.75. The van der Waals surface area contributed by atoms with Gasteiger partial charge in [-0.3, -0.25) is 4.79 Å². The summed E-state index contributed by atoms with van der Waals surface area (Å²) < 4.78 is 32.0. The molecule has 7 nitrogen and oxygen atoms in total. The number of rotatable bonds is 5. The number of nitrogens with one attached hydrogen (secondary N) is 1. The molecule has 1 fully saturated rings. The van der Waals surface area contributed by atoms with Crippen LogP contribution in [0, 0.1) is 0 Å². The lowest BCUT2D eigenvalue weighted by Crippen LogP contribution is -2.51. The topological polar surface area (TPSA) is 92.8 Å². The maximum atomic E-state index is 12.9. The van der Waals surface area contributed by atoms with Gasteiger partial charge in [0.1, 0.15) is 6.04 Å². The molecule has 1 saturated heterocycles. The van der Waals surface area contributed by atoms with Gasteiger partial charge in [0.2, 0.25) is 15.9 Å². The predicted octanol–water partition coefficient (Wildman–Crippen LogP) is 1.15. The van der Waals surface area contributed by atoms with Crippen LogP contribution in [0.1, 0.15) is 36.5 Å². The average Bonchev–Trinajstić information content (AvgIpc) is 2.61. The van der Waals surface area contributed by atoms with Gasteiger partial charge in [-0.1, -0.05) is 12.5 Å². The normalized spacial score (nSPS) is 18.8. The zero-order valence-electron chi connectivity index (χ0n) is 13.8. The molecule has 0 radical (unpaired) electrons. The molecule has 2 rings (SSSR count). The Morgan fingerprint density at radius 1 is 1.33 bits per heavy atom. The van der Waals surface area contributed by atoms with Crippen LogP contribution in [0.3, 0.4) is 0 Å². The Kier molecular flexibility index (Phi) is 5.95. The van der Waals surface area contributed by atoms with Crippen LogP contribution in [0.5, 0.6) is 0 Å². The minimum Gasteiger partial charge on any atom is -0.462 e. The van der Waals surface area contributed by atoms with Crippen LogP contribution in [0.4, 0.5) is 0 Å². The van der Waals surface area contributed by atoms with Gasteiger partial charge in [-0.25, -0.2) is 13.2 Å². The van der Waals surface area contributed by atoms with Crippen molar-refractivity contribution in [2.24, 2.45) is 0 Å². The van der Waals surface area contributed by atoms with E-state index in [1.165, 1.54) is 35.6 Å². The van der Waals surface area contributed by atoms with Crippen molar-refractivity contribution in [3.63, 3.8) is 0 Å². The summed E-state index contributed by atoms with van der Waals surface area (Å²) in [6.45, 7) is 2.17. The quantitative estimate of drug-likeness (QED) is 0.801. The Hall–Kier alpha value is -1.93. The standard InChI is InChI=1S/C16H22N2O5S/c1-3-23-16(20)12-7-6-8-13(11-12)24(21,22)18-10-5-4-9-14(18)15(19)17-2/h6-8,11,14H,3-5,9-10H2,1-2H3,(H,17,19)/t14-/m1/s1. The van der Waals surface area contributed by atoms with E-state index in [9.17, 15) is 18.0 Å². The molecule has 1 N–H and O–H groups in total. The fourth-order valence-corrected chi connectivity index (χ4v) is 4.46. The second kappa shape index (κ2) is 7.76. The SMILES string of the molecule is CCOC(=O)c1cccc(S(=O)(=O)N2CCCC[C@@H]2C(=O)NC)c1. The van der Waals surface area contributed by atoms with Crippen molar-refractivity contribution < 1.29 is 22.7 Å². The smallest absolute Gasteiger partial charge is 0.338 e. The van der Waals surface area contributed by atoms with E-state index < -0.39 is 22.0 Å². The van der Waals surface area contributed by atoms with E-state index in [4.69, 9.17) is 4.74 Å². The predicted molar refractivity (Wildman–Crippen MR) is 88.0 cm³/mol. The van der Waals surface area contributed by atoms with Crippen molar-refractivity contribution >= 4 is 21.9 Å². The molecule has 1 aromatic carbocycles. The molecule has 1 aromatic rings. The van der Waals surface area contributed by atoms with Crippen molar-refractivity contribution in [1.82, 2.24) is 9.62 Å². The second-order valence-electron chi connectivity index (χ2n) is 5.49. The Bertz CT molecular complexity index is 717. The maximum absolute atomic E-state index is 12.9. The highest BCUT2D eigenvalue weighted by molar-refractivity contribution is 7.89. The summed E-state index contributed by atoms with van der Waals surface area (Å²) in [5, 5.41) is 2.52. The van der Waals surface area contributed by atoms with E-state index in [2.05, 4.69) is 5.32 Å². The summed E-state index contributed by atoms with van der Waals surface area (Å²) in [7, 11) is -2.38. The van der Waals surface area contributed by atoms with E-state index in [-0.39, 0.29) is 29.5 Å². The number of hydrogen-bond acceptors (Lipinski definition) is 5. The molecule has 0 saturated carbocycles. The molecule has 0 aromatic heterocycles. The third-order valence-corrected chi connectivity index (χ3v) is 5.86. The Balaban J connectivity index is 2.36. The number of esters is 1. The number of sulfonamides is 1. The first kappa shape index (κ1) is 18.4. The highest BCUT2D eigenvalue weighted by Crippen LogP contribution is 2.26. The number of carbonyl (C=O) groups excluding carboxylic acids is 2. The molecular formula is C16H22N2O5S. The number of hydrogen-bond donors (Lipinski definition) is 1. The first-order valence-corrected chi connectivity index (χ1v) is 9.36. The molecule has 1 atom stereocenters. The van der Waals surface area contributed by atoms with Crippen LogP contribution in [0.15, 0.2) is 29.2 Å². The van der Waals surface area contributed by atoms with Gasteiger partial charge in [0.15, 0.2) is 0 Å². The Labute approximate surface area is 142 Å². The van der Waals surface area contributed by atoms with Gasteiger partial charge in [0.05, 0.1) is 17.1 Å². The number of ether oxygens (including phenoxy) is 1. The molecule has 1 heterocycles. The number of benzene rings is 1. The summed E-state index contributed by atoms with van der Waals surface area (Å²) in [5.74, 6) is -0.893. The number of piperidine rings is 1. The molecule has 24 heavy (non-hydrogen) atoms. The van der Waals surface area contributed by atoms with Crippen LogP contribution in [0.2, 0.25) is 0 Å². The van der Waals surface area contributed by atoms with Crippen LogP contribution in [-0.4, -0.2) is 50.8 Å². The van der Waals surface area contributed by atoms with Crippen molar-refractivity contribution in [2.45, 2.75) is 37.1 Å². The molecule has 0 bridgehead atoms. The second-order valence-corrected chi connectivity index (χ2v) is 7.38. The average molecular weight is 354 g/mol.